The lowest BCUT2D eigenvalue weighted by molar-refractivity contribution is 0.505. The molecule has 1 N–H and O–H groups in total. The van der Waals surface area contributed by atoms with E-state index in [0.717, 1.165) is 12.8 Å². The quantitative estimate of drug-likeness (QED) is 0.572. The Balaban J connectivity index is 2.12. The van der Waals surface area contributed by atoms with Crippen LogP contribution in [0, 0.1) is 0 Å². The zero-order chi connectivity index (χ0) is 13.5. The zero-order valence-corrected chi connectivity index (χ0v) is 11.7. The monoisotopic (exact) mass is 253 g/mol. The molecule has 0 aliphatic carbocycles. The summed E-state index contributed by atoms with van der Waals surface area (Å²) in [6.45, 7) is 3.79. The van der Waals surface area contributed by atoms with E-state index in [1.54, 1.807) is 0 Å². The maximum atomic E-state index is 3.79. The summed E-state index contributed by atoms with van der Waals surface area (Å²) in [4.78, 5) is 0. The molecule has 0 aromatic heterocycles. The molecule has 0 radical (unpaired) electrons. The van der Waals surface area contributed by atoms with Gasteiger partial charge in [0.15, 0.2) is 0 Å². The van der Waals surface area contributed by atoms with Gasteiger partial charge in [-0.15, -0.1) is 6.58 Å². The molecule has 19 heavy (non-hydrogen) atoms. The molecule has 1 nitrogen and oxygen atoms in total. The minimum Gasteiger partial charge on any atom is -0.317 e. The molecule has 0 aliphatic heterocycles. The highest BCUT2D eigenvalue weighted by molar-refractivity contribution is 5.85. The first-order valence-corrected chi connectivity index (χ1v) is 7.10. The number of hydrogen-bond acceptors (Lipinski definition) is 1. The predicted octanol–water partition coefficient (Wildman–Crippen LogP) is 4.33. The molecular weight excluding hydrogens is 230 g/mol. The van der Waals surface area contributed by atoms with E-state index in [2.05, 4.69) is 61.4 Å². The number of hydrogen-bond donors (Lipinski definition) is 1. The van der Waals surface area contributed by atoms with Gasteiger partial charge in [-0.2, -0.15) is 0 Å². The highest BCUT2D eigenvalue weighted by Crippen LogP contribution is 2.20. The predicted molar refractivity (Wildman–Crippen MR) is 84.5 cm³/mol. The van der Waals surface area contributed by atoms with Gasteiger partial charge >= 0.3 is 0 Å². The fraction of sp³-hybridized carbons (Fsp3) is 0.333. The Morgan fingerprint density at radius 1 is 1.16 bits per heavy atom. The number of rotatable bonds is 7. The van der Waals surface area contributed by atoms with Gasteiger partial charge in [0.2, 0.25) is 0 Å². The number of allylic oxidation sites excluding steroid dienone is 1. The molecule has 0 fully saturated rings. The molecule has 2 aromatic rings. The molecule has 1 atom stereocenters. The minimum absolute atomic E-state index is 0.547. The molecule has 1 heteroatoms. The van der Waals surface area contributed by atoms with Crippen LogP contribution in [0.1, 0.15) is 24.8 Å². The Labute approximate surface area is 116 Å². The third-order valence-corrected chi connectivity index (χ3v) is 3.72. The van der Waals surface area contributed by atoms with E-state index < -0.39 is 0 Å². The number of fused-ring (bicyclic) bond motifs is 1. The van der Waals surface area contributed by atoms with Crippen LogP contribution < -0.4 is 5.32 Å². The first-order chi connectivity index (χ1) is 9.35. The highest BCUT2D eigenvalue weighted by atomic mass is 14.9. The van der Waals surface area contributed by atoms with Crippen LogP contribution in [0.3, 0.4) is 0 Å². The van der Waals surface area contributed by atoms with Crippen molar-refractivity contribution in [2.45, 2.75) is 31.7 Å². The number of likely N-dealkylation sites (N-methyl/N-ethyl adjacent to an activating group) is 1. The second-order valence-corrected chi connectivity index (χ2v) is 5.05. The lowest BCUT2D eigenvalue weighted by Gasteiger charge is -2.17. The summed E-state index contributed by atoms with van der Waals surface area (Å²) in [7, 11) is 2.06. The van der Waals surface area contributed by atoms with Gasteiger partial charge in [-0.25, -0.2) is 0 Å². The third kappa shape index (κ3) is 3.68. The summed E-state index contributed by atoms with van der Waals surface area (Å²) in [5.41, 5.74) is 1.44. The fourth-order valence-electron chi connectivity index (χ4n) is 2.59. The highest BCUT2D eigenvalue weighted by Gasteiger charge is 2.08. The SMILES string of the molecule is C=CCCCC(Cc1cccc2ccccc12)NC. The second-order valence-electron chi connectivity index (χ2n) is 5.05. The Bertz CT molecular complexity index is 525. The largest absolute Gasteiger partial charge is 0.317 e. The van der Waals surface area contributed by atoms with Crippen molar-refractivity contribution in [2.75, 3.05) is 7.05 Å². The summed E-state index contributed by atoms with van der Waals surface area (Å²) < 4.78 is 0. The molecular formula is C18H23N. The van der Waals surface area contributed by atoms with Gasteiger partial charge < -0.3 is 5.32 Å². The summed E-state index contributed by atoms with van der Waals surface area (Å²) >= 11 is 0. The van der Waals surface area contributed by atoms with Crippen LogP contribution in [-0.2, 0) is 6.42 Å². The molecule has 0 spiro atoms. The van der Waals surface area contributed by atoms with Crippen LogP contribution in [0.2, 0.25) is 0 Å². The van der Waals surface area contributed by atoms with Crippen LogP contribution in [-0.4, -0.2) is 13.1 Å². The second kappa shape index (κ2) is 7.10. The molecule has 0 aliphatic rings. The molecule has 0 bridgehead atoms. The topological polar surface area (TPSA) is 12.0 Å². The first kappa shape index (κ1) is 13.8. The number of nitrogens with one attached hydrogen (secondary N) is 1. The Morgan fingerprint density at radius 3 is 2.74 bits per heavy atom. The van der Waals surface area contributed by atoms with Crippen molar-refractivity contribution in [2.24, 2.45) is 0 Å². The Kier molecular flexibility index (Phi) is 5.17. The third-order valence-electron chi connectivity index (χ3n) is 3.72. The van der Waals surface area contributed by atoms with Crippen molar-refractivity contribution in [3.05, 3.63) is 60.7 Å². The summed E-state index contributed by atoms with van der Waals surface area (Å²) in [6.07, 6.45) is 6.61. The minimum atomic E-state index is 0.547. The summed E-state index contributed by atoms with van der Waals surface area (Å²) in [5, 5.41) is 6.16. The lowest BCUT2D eigenvalue weighted by atomic mass is 9.96. The van der Waals surface area contributed by atoms with E-state index in [-0.39, 0.29) is 0 Å². The van der Waals surface area contributed by atoms with Gasteiger partial charge in [-0.3, -0.25) is 0 Å². The van der Waals surface area contributed by atoms with E-state index in [0.29, 0.717) is 6.04 Å². The summed E-state index contributed by atoms with van der Waals surface area (Å²) in [6, 6.07) is 15.8. The number of benzene rings is 2. The van der Waals surface area contributed by atoms with Gasteiger partial charge in [0.1, 0.15) is 0 Å². The molecule has 2 rings (SSSR count). The van der Waals surface area contributed by atoms with Gasteiger partial charge in [-0.05, 0) is 49.1 Å². The Hall–Kier alpha value is -1.60. The van der Waals surface area contributed by atoms with Gasteiger partial charge in [0.05, 0.1) is 0 Å². The molecule has 0 heterocycles. The fourth-order valence-corrected chi connectivity index (χ4v) is 2.59. The van der Waals surface area contributed by atoms with Crippen LogP contribution >= 0.6 is 0 Å². The number of unbranched alkanes of at least 4 members (excludes halogenated alkanes) is 1. The van der Waals surface area contributed by atoms with E-state index >= 15 is 0 Å². The molecule has 1 unspecified atom stereocenters. The zero-order valence-electron chi connectivity index (χ0n) is 11.7. The molecule has 2 aromatic carbocycles. The molecule has 100 valence electrons. The van der Waals surface area contributed by atoms with Gasteiger partial charge in [-0.1, -0.05) is 48.5 Å². The van der Waals surface area contributed by atoms with Crippen LogP contribution in [0.25, 0.3) is 10.8 Å². The molecule has 0 saturated carbocycles. The first-order valence-electron chi connectivity index (χ1n) is 7.10. The van der Waals surface area contributed by atoms with E-state index in [1.807, 2.05) is 6.08 Å². The van der Waals surface area contributed by atoms with Crippen LogP contribution in [0.4, 0.5) is 0 Å². The normalized spacial score (nSPS) is 12.5. The van der Waals surface area contributed by atoms with E-state index in [1.165, 1.54) is 29.2 Å². The lowest BCUT2D eigenvalue weighted by Crippen LogP contribution is -2.27. The maximum Gasteiger partial charge on any atom is 0.0105 e. The molecule has 0 saturated heterocycles. The maximum absolute atomic E-state index is 3.79. The summed E-state index contributed by atoms with van der Waals surface area (Å²) in [5.74, 6) is 0. The van der Waals surface area contributed by atoms with Crippen molar-refractivity contribution < 1.29 is 0 Å². The van der Waals surface area contributed by atoms with Crippen molar-refractivity contribution in [3.63, 3.8) is 0 Å². The standard InChI is InChI=1S/C18H23N/c1-3-4-5-12-17(19-2)14-16-11-8-10-15-9-6-7-13-18(15)16/h3,6-11,13,17,19H,1,4-5,12,14H2,2H3. The Morgan fingerprint density at radius 2 is 1.95 bits per heavy atom. The average molecular weight is 253 g/mol. The van der Waals surface area contributed by atoms with Crippen LogP contribution in [0.5, 0.6) is 0 Å². The van der Waals surface area contributed by atoms with Crippen molar-refractivity contribution in [1.29, 1.82) is 0 Å². The average Bonchev–Trinajstić information content (AvgIpc) is 2.46. The van der Waals surface area contributed by atoms with Crippen molar-refractivity contribution >= 4 is 10.8 Å². The van der Waals surface area contributed by atoms with Crippen LogP contribution in [0.15, 0.2) is 55.1 Å². The van der Waals surface area contributed by atoms with Gasteiger partial charge in [0.25, 0.3) is 0 Å². The van der Waals surface area contributed by atoms with E-state index in [4.69, 9.17) is 0 Å². The smallest absolute Gasteiger partial charge is 0.0105 e. The molecule has 0 amide bonds. The van der Waals surface area contributed by atoms with Crippen molar-refractivity contribution in [3.8, 4) is 0 Å². The van der Waals surface area contributed by atoms with Gasteiger partial charge in [0, 0.05) is 6.04 Å². The van der Waals surface area contributed by atoms with E-state index in [9.17, 15) is 0 Å². The van der Waals surface area contributed by atoms with Crippen molar-refractivity contribution in [1.82, 2.24) is 5.32 Å².